The Morgan fingerprint density at radius 2 is 1.76 bits per heavy atom. The first-order valence-electron chi connectivity index (χ1n) is 11.1. The smallest absolute Gasteiger partial charge is 0.242 e. The molecule has 0 aliphatic rings. The quantitative estimate of drug-likeness (QED) is 0.440. The second kappa shape index (κ2) is 13.0. The number of halogens is 2. The van der Waals surface area contributed by atoms with Gasteiger partial charge in [-0.2, -0.15) is 0 Å². The van der Waals surface area contributed by atoms with Crippen LogP contribution in [0.15, 0.2) is 48.5 Å². The summed E-state index contributed by atoms with van der Waals surface area (Å²) in [6.07, 6.45) is 2.16. The molecule has 2 aromatic rings. The van der Waals surface area contributed by atoms with Gasteiger partial charge in [0.1, 0.15) is 6.04 Å². The lowest BCUT2D eigenvalue weighted by molar-refractivity contribution is -0.140. The summed E-state index contributed by atoms with van der Waals surface area (Å²) in [5, 5.41) is 3.43. The van der Waals surface area contributed by atoms with Gasteiger partial charge in [-0.1, -0.05) is 60.5 Å². The summed E-state index contributed by atoms with van der Waals surface area (Å²) in [5.41, 5.74) is 1.16. The molecule has 0 aromatic heterocycles. The van der Waals surface area contributed by atoms with E-state index in [1.165, 1.54) is 17.0 Å². The fourth-order valence-electron chi connectivity index (χ4n) is 3.42. The van der Waals surface area contributed by atoms with Gasteiger partial charge >= 0.3 is 0 Å². The van der Waals surface area contributed by atoms with Crippen molar-refractivity contribution in [3.8, 4) is 0 Å². The fourth-order valence-corrected chi connectivity index (χ4v) is 4.82. The van der Waals surface area contributed by atoms with E-state index in [2.05, 4.69) is 5.32 Å². The Bertz CT molecular complexity index is 1080. The Balaban J connectivity index is 2.16. The van der Waals surface area contributed by atoms with E-state index in [1.54, 1.807) is 13.0 Å². The average Bonchev–Trinajstić information content (AvgIpc) is 2.79. The Morgan fingerprint density at radius 1 is 1.09 bits per heavy atom. The minimum absolute atomic E-state index is 0.0419. The number of nitrogens with zero attached hydrogens (tertiary/aromatic N) is 2. The van der Waals surface area contributed by atoms with Crippen LogP contribution in [0.1, 0.15) is 38.7 Å². The van der Waals surface area contributed by atoms with E-state index in [-0.39, 0.29) is 48.5 Å². The molecular formula is C24H31Cl2N3O4S. The third-order valence-corrected chi connectivity index (χ3v) is 6.98. The molecule has 0 bridgehead atoms. The van der Waals surface area contributed by atoms with Crippen molar-refractivity contribution >= 4 is 50.7 Å². The number of hydrogen-bond acceptors (Lipinski definition) is 4. The maximum atomic E-state index is 13.2. The summed E-state index contributed by atoms with van der Waals surface area (Å²) >= 11 is 12.2. The van der Waals surface area contributed by atoms with Gasteiger partial charge in [-0.15, -0.1) is 0 Å². The highest BCUT2D eigenvalue weighted by Crippen LogP contribution is 2.31. The monoisotopic (exact) mass is 527 g/mol. The van der Waals surface area contributed by atoms with Gasteiger partial charge in [0, 0.05) is 31.1 Å². The van der Waals surface area contributed by atoms with Crippen LogP contribution in [0.2, 0.25) is 10.0 Å². The Hall–Kier alpha value is -2.29. The van der Waals surface area contributed by atoms with Crippen molar-refractivity contribution in [3.05, 3.63) is 64.1 Å². The summed E-state index contributed by atoms with van der Waals surface area (Å²) in [7, 11) is -3.66. The average molecular weight is 529 g/mol. The van der Waals surface area contributed by atoms with Gasteiger partial charge in [0.2, 0.25) is 21.8 Å². The minimum atomic E-state index is -3.66. The van der Waals surface area contributed by atoms with Crippen LogP contribution in [0.4, 0.5) is 5.69 Å². The highest BCUT2D eigenvalue weighted by Gasteiger charge is 2.27. The number of carbonyl (C=O) groups is 2. The van der Waals surface area contributed by atoms with Crippen molar-refractivity contribution in [2.75, 3.05) is 23.7 Å². The number of amides is 2. The van der Waals surface area contributed by atoms with E-state index in [4.69, 9.17) is 23.2 Å². The normalized spacial score (nSPS) is 12.1. The van der Waals surface area contributed by atoms with Crippen molar-refractivity contribution in [1.82, 2.24) is 10.2 Å². The maximum absolute atomic E-state index is 13.2. The largest absolute Gasteiger partial charge is 0.354 e. The molecule has 2 amide bonds. The highest BCUT2D eigenvalue weighted by molar-refractivity contribution is 7.92. The summed E-state index contributed by atoms with van der Waals surface area (Å²) in [4.78, 5) is 27.3. The number of carbonyl (C=O) groups excluding carboxylic acids is 2. The molecule has 7 nitrogen and oxygen atoms in total. The molecule has 0 saturated heterocycles. The van der Waals surface area contributed by atoms with Crippen LogP contribution in [-0.4, -0.2) is 50.5 Å². The van der Waals surface area contributed by atoms with Crippen LogP contribution in [0.5, 0.6) is 0 Å². The highest BCUT2D eigenvalue weighted by atomic mass is 35.5. The first-order valence-corrected chi connectivity index (χ1v) is 13.7. The molecule has 0 aliphatic carbocycles. The van der Waals surface area contributed by atoms with E-state index >= 15 is 0 Å². The third-order valence-electron chi connectivity index (χ3n) is 5.24. The van der Waals surface area contributed by atoms with Crippen molar-refractivity contribution in [3.63, 3.8) is 0 Å². The second-order valence-corrected chi connectivity index (χ2v) is 10.8. The molecule has 0 heterocycles. The molecule has 1 atom stereocenters. The SMILES string of the molecule is CCCNC(=O)C(C)N(Cc1ccccc1)C(=O)CCCN(c1cc(Cl)ccc1Cl)S(C)(=O)=O. The van der Waals surface area contributed by atoms with Crippen LogP contribution in [0.25, 0.3) is 0 Å². The number of rotatable bonds is 12. The maximum Gasteiger partial charge on any atom is 0.242 e. The van der Waals surface area contributed by atoms with Crippen molar-refractivity contribution in [2.24, 2.45) is 0 Å². The van der Waals surface area contributed by atoms with Crippen LogP contribution < -0.4 is 9.62 Å². The molecule has 186 valence electrons. The molecule has 2 aromatic carbocycles. The number of nitrogens with one attached hydrogen (secondary N) is 1. The molecule has 0 saturated carbocycles. The Kier molecular flexibility index (Phi) is 10.7. The zero-order valence-corrected chi connectivity index (χ0v) is 22.0. The number of hydrogen-bond donors (Lipinski definition) is 1. The van der Waals surface area contributed by atoms with Gasteiger partial charge in [-0.05, 0) is 43.5 Å². The topological polar surface area (TPSA) is 86.8 Å². The molecule has 0 radical (unpaired) electrons. The molecule has 2 rings (SSSR count). The molecule has 34 heavy (non-hydrogen) atoms. The van der Waals surface area contributed by atoms with Gasteiger partial charge in [-0.3, -0.25) is 13.9 Å². The Morgan fingerprint density at radius 3 is 2.38 bits per heavy atom. The first-order chi connectivity index (χ1) is 16.0. The van der Waals surface area contributed by atoms with Gasteiger partial charge in [0.05, 0.1) is 17.0 Å². The zero-order valence-electron chi connectivity index (χ0n) is 19.6. The lowest BCUT2D eigenvalue weighted by Crippen LogP contribution is -2.47. The molecular weight excluding hydrogens is 497 g/mol. The van der Waals surface area contributed by atoms with E-state index in [1.807, 2.05) is 37.3 Å². The van der Waals surface area contributed by atoms with Crippen molar-refractivity contribution in [1.29, 1.82) is 0 Å². The number of benzene rings is 2. The second-order valence-electron chi connectivity index (χ2n) is 8.01. The minimum Gasteiger partial charge on any atom is -0.354 e. The van der Waals surface area contributed by atoms with Gasteiger partial charge in [0.15, 0.2) is 0 Å². The molecule has 0 spiro atoms. The summed E-state index contributed by atoms with van der Waals surface area (Å²) in [6.45, 7) is 4.49. The van der Waals surface area contributed by atoms with E-state index in [9.17, 15) is 18.0 Å². The standard InChI is InChI=1S/C24H31Cl2N3O4S/c1-4-14-27-24(31)18(2)28(17-19-9-6-5-7-10-19)23(30)11-8-15-29(34(3,32)33)22-16-20(25)12-13-21(22)26/h5-7,9-10,12-13,16,18H,4,8,11,14-15,17H2,1-3H3,(H,27,31). The van der Waals surface area contributed by atoms with E-state index in [0.717, 1.165) is 22.5 Å². The molecule has 0 fully saturated rings. The summed E-state index contributed by atoms with van der Waals surface area (Å²) in [6, 6.07) is 13.3. The molecule has 1 N–H and O–H groups in total. The van der Waals surface area contributed by atoms with Crippen molar-refractivity contribution < 1.29 is 18.0 Å². The van der Waals surface area contributed by atoms with Gasteiger partial charge in [-0.25, -0.2) is 8.42 Å². The fraction of sp³-hybridized carbons (Fsp3) is 0.417. The summed E-state index contributed by atoms with van der Waals surface area (Å²) < 4.78 is 26.0. The van der Waals surface area contributed by atoms with E-state index in [0.29, 0.717) is 11.6 Å². The predicted molar refractivity (Wildman–Crippen MR) is 138 cm³/mol. The number of anilines is 1. The van der Waals surface area contributed by atoms with Crippen LogP contribution >= 0.6 is 23.2 Å². The lowest BCUT2D eigenvalue weighted by atomic mass is 10.1. The molecule has 10 heteroatoms. The number of sulfonamides is 1. The van der Waals surface area contributed by atoms with Crippen LogP contribution in [0.3, 0.4) is 0 Å². The van der Waals surface area contributed by atoms with Gasteiger partial charge in [0.25, 0.3) is 0 Å². The third kappa shape index (κ3) is 8.18. The zero-order chi connectivity index (χ0) is 25.3. The molecule has 0 aliphatic heterocycles. The van der Waals surface area contributed by atoms with Crippen LogP contribution in [0, 0.1) is 0 Å². The Labute approximate surface area is 212 Å². The lowest BCUT2D eigenvalue weighted by Gasteiger charge is -2.29. The van der Waals surface area contributed by atoms with Crippen LogP contribution in [-0.2, 0) is 26.2 Å². The summed E-state index contributed by atoms with van der Waals surface area (Å²) in [5.74, 6) is -0.469. The first kappa shape index (κ1) is 28.0. The van der Waals surface area contributed by atoms with Crippen molar-refractivity contribution in [2.45, 2.75) is 45.7 Å². The van der Waals surface area contributed by atoms with Gasteiger partial charge < -0.3 is 10.2 Å². The van der Waals surface area contributed by atoms with E-state index < -0.39 is 16.1 Å². The molecule has 1 unspecified atom stereocenters. The predicted octanol–water partition coefficient (Wildman–Crippen LogP) is 4.48.